The van der Waals surface area contributed by atoms with Crippen molar-refractivity contribution in [3.05, 3.63) is 65.3 Å². The minimum absolute atomic E-state index is 0.0549. The number of hydrogen-bond donors (Lipinski definition) is 0. The van der Waals surface area contributed by atoms with Gasteiger partial charge >= 0.3 is 5.97 Å². The summed E-state index contributed by atoms with van der Waals surface area (Å²) in [7, 11) is 1.39. The fourth-order valence-electron chi connectivity index (χ4n) is 3.00. The molecule has 0 N–H and O–H groups in total. The number of nitro groups is 2. The lowest BCUT2D eigenvalue weighted by Crippen LogP contribution is -2.40. The van der Waals surface area contributed by atoms with Crippen molar-refractivity contribution < 1.29 is 28.9 Å². The molecule has 0 saturated carbocycles. The van der Waals surface area contributed by atoms with Crippen molar-refractivity contribution in [3.63, 3.8) is 0 Å². The molecule has 0 aliphatic carbocycles. The summed E-state index contributed by atoms with van der Waals surface area (Å²) in [5.74, 6) is -0.786. The van der Waals surface area contributed by atoms with Crippen molar-refractivity contribution >= 4 is 57.1 Å². The highest BCUT2D eigenvalue weighted by Gasteiger charge is 2.27. The molecule has 1 saturated heterocycles. The van der Waals surface area contributed by atoms with E-state index in [4.69, 9.17) is 26.4 Å². The molecule has 0 amide bonds. The predicted octanol–water partition coefficient (Wildman–Crippen LogP) is 3.34. The van der Waals surface area contributed by atoms with Crippen LogP contribution in [0.1, 0.15) is 15.9 Å². The van der Waals surface area contributed by atoms with Gasteiger partial charge < -0.3 is 19.1 Å². The molecule has 2 aromatic carbocycles. The zero-order valence-corrected chi connectivity index (χ0v) is 19.6. The minimum atomic E-state index is -1.05. The molecule has 1 aliphatic heterocycles. The van der Waals surface area contributed by atoms with E-state index < -0.39 is 32.8 Å². The Morgan fingerprint density at radius 3 is 2.44 bits per heavy atom. The summed E-state index contributed by atoms with van der Waals surface area (Å²) in [5.41, 5.74) is -0.986. The Balaban J connectivity index is 1.92. The largest absolute Gasteiger partial charge is 0.493 e. The van der Waals surface area contributed by atoms with Gasteiger partial charge in [0.1, 0.15) is 10.6 Å². The van der Waals surface area contributed by atoms with Gasteiger partial charge in [0.05, 0.1) is 39.8 Å². The fourth-order valence-corrected chi connectivity index (χ4v) is 4.01. The number of nitro benzene ring substituents is 2. The van der Waals surface area contributed by atoms with Crippen LogP contribution in [0.3, 0.4) is 0 Å². The molecule has 1 fully saturated rings. The van der Waals surface area contributed by atoms with Gasteiger partial charge in [0.2, 0.25) is 0 Å². The van der Waals surface area contributed by atoms with Crippen LogP contribution in [0.4, 0.5) is 11.4 Å². The summed E-state index contributed by atoms with van der Waals surface area (Å²) in [6, 6.07) is 6.03. The van der Waals surface area contributed by atoms with E-state index in [9.17, 15) is 25.0 Å². The van der Waals surface area contributed by atoms with Gasteiger partial charge in [-0.2, -0.15) is 0 Å². The van der Waals surface area contributed by atoms with E-state index in [-0.39, 0.29) is 11.5 Å². The van der Waals surface area contributed by atoms with Crippen molar-refractivity contribution in [2.24, 2.45) is 0 Å². The van der Waals surface area contributed by atoms with Crippen LogP contribution < -0.4 is 9.47 Å². The Kier molecular flexibility index (Phi) is 7.52. The first-order valence-electron chi connectivity index (χ1n) is 9.12. The first-order chi connectivity index (χ1) is 15.2. The lowest BCUT2D eigenvalue weighted by atomic mass is 10.1. The molecule has 2 aromatic rings. The number of nitrogens with zero attached hydrogens (tertiary/aromatic N) is 3. The molecule has 0 aromatic heterocycles. The van der Waals surface area contributed by atoms with E-state index in [1.807, 2.05) is 27.5 Å². The molecule has 32 heavy (non-hydrogen) atoms. The van der Waals surface area contributed by atoms with Crippen LogP contribution >= 0.6 is 34.8 Å². The van der Waals surface area contributed by atoms with Crippen molar-refractivity contribution in [2.75, 3.05) is 33.4 Å². The minimum Gasteiger partial charge on any atom is -0.493 e. The molecule has 1 heterocycles. The first-order valence-corrected chi connectivity index (χ1v) is 10.6. The SMILES string of the molecule is COc1cc(C(=S)N2CCOCC2)cc(I)c1OC(=O)c1ccc([N+](=O)[O-])cc1[N+](=O)[O-]. The lowest BCUT2D eigenvalue weighted by molar-refractivity contribution is -0.394. The van der Waals surface area contributed by atoms with E-state index >= 15 is 0 Å². The zero-order chi connectivity index (χ0) is 23.4. The van der Waals surface area contributed by atoms with Gasteiger partial charge in [0, 0.05) is 24.7 Å². The van der Waals surface area contributed by atoms with Crippen LogP contribution in [0.5, 0.6) is 11.5 Å². The van der Waals surface area contributed by atoms with Crippen LogP contribution in [0, 0.1) is 23.8 Å². The quantitative estimate of drug-likeness (QED) is 0.127. The number of thiocarbonyl (C=S) groups is 1. The summed E-state index contributed by atoms with van der Waals surface area (Å²) >= 11 is 7.51. The van der Waals surface area contributed by atoms with Crippen molar-refractivity contribution in [2.45, 2.75) is 0 Å². The Bertz CT molecular complexity index is 1100. The highest BCUT2D eigenvalue weighted by Crippen LogP contribution is 2.36. The van der Waals surface area contributed by atoms with Gasteiger partial charge in [-0.05, 0) is 40.8 Å². The third-order valence-electron chi connectivity index (χ3n) is 4.58. The highest BCUT2D eigenvalue weighted by atomic mass is 127. The van der Waals surface area contributed by atoms with Crippen molar-refractivity contribution in [1.82, 2.24) is 4.90 Å². The number of methoxy groups -OCH3 is 1. The molecule has 1 aliphatic rings. The average molecular weight is 573 g/mol. The molecular weight excluding hydrogens is 557 g/mol. The summed E-state index contributed by atoms with van der Waals surface area (Å²) in [4.78, 5) is 35.9. The zero-order valence-electron chi connectivity index (χ0n) is 16.6. The molecule has 168 valence electrons. The number of ether oxygens (including phenoxy) is 3. The van der Waals surface area contributed by atoms with Gasteiger partial charge in [0.25, 0.3) is 11.4 Å². The molecule has 0 atom stereocenters. The lowest BCUT2D eigenvalue weighted by Gasteiger charge is -2.29. The predicted molar refractivity (Wildman–Crippen MR) is 125 cm³/mol. The van der Waals surface area contributed by atoms with E-state index in [1.54, 1.807) is 12.1 Å². The highest BCUT2D eigenvalue weighted by molar-refractivity contribution is 14.1. The molecule has 3 rings (SSSR count). The van der Waals surface area contributed by atoms with Gasteiger partial charge in [-0.1, -0.05) is 12.2 Å². The first kappa shape index (κ1) is 23.7. The number of carbonyl (C=O) groups is 1. The standard InChI is InChI=1S/C19H16IN3O8S/c1-29-16-9-11(18(32)21-4-6-30-7-5-21)8-14(20)17(16)31-19(24)13-3-2-12(22(25)26)10-15(13)23(27)28/h2-3,8-10H,4-7H2,1H3. The molecule has 13 heteroatoms. The molecule has 0 unspecified atom stereocenters. The number of halogens is 1. The maximum atomic E-state index is 12.7. The molecule has 0 spiro atoms. The normalized spacial score (nSPS) is 13.4. The fraction of sp³-hybridized carbons (Fsp3) is 0.263. The number of carbonyl (C=O) groups excluding carboxylic acids is 1. The number of esters is 1. The second-order valence-electron chi connectivity index (χ2n) is 6.50. The number of benzene rings is 2. The van der Waals surface area contributed by atoms with E-state index in [2.05, 4.69) is 0 Å². The second-order valence-corrected chi connectivity index (χ2v) is 8.05. The molecule has 0 radical (unpaired) electrons. The van der Waals surface area contributed by atoms with E-state index in [0.717, 1.165) is 12.1 Å². The van der Waals surface area contributed by atoms with Crippen molar-refractivity contribution in [1.29, 1.82) is 0 Å². The summed E-state index contributed by atoms with van der Waals surface area (Å²) in [6.45, 7) is 2.44. The Hall–Kier alpha value is -2.91. The third kappa shape index (κ3) is 5.11. The summed E-state index contributed by atoms with van der Waals surface area (Å²) in [6.07, 6.45) is 0. The van der Waals surface area contributed by atoms with Crippen LogP contribution in [-0.4, -0.2) is 59.1 Å². The molecule has 11 nitrogen and oxygen atoms in total. The summed E-state index contributed by atoms with van der Waals surface area (Å²) < 4.78 is 16.6. The van der Waals surface area contributed by atoms with Crippen LogP contribution in [-0.2, 0) is 4.74 Å². The monoisotopic (exact) mass is 573 g/mol. The number of morpholine rings is 1. The third-order valence-corrected chi connectivity index (χ3v) is 5.87. The topological polar surface area (TPSA) is 134 Å². The number of non-ortho nitro benzene ring substituents is 1. The van der Waals surface area contributed by atoms with E-state index in [0.29, 0.717) is 46.5 Å². The molecule has 0 bridgehead atoms. The van der Waals surface area contributed by atoms with Gasteiger partial charge in [0.15, 0.2) is 11.5 Å². The summed E-state index contributed by atoms with van der Waals surface area (Å²) in [5, 5.41) is 22.2. The van der Waals surface area contributed by atoms with Gasteiger partial charge in [-0.3, -0.25) is 20.2 Å². The van der Waals surface area contributed by atoms with Gasteiger partial charge in [-0.15, -0.1) is 0 Å². The number of hydrogen-bond acceptors (Lipinski definition) is 9. The molecular formula is C19H16IN3O8S. The number of rotatable bonds is 6. The maximum Gasteiger partial charge on any atom is 0.350 e. The Morgan fingerprint density at radius 2 is 1.84 bits per heavy atom. The van der Waals surface area contributed by atoms with E-state index in [1.165, 1.54) is 7.11 Å². The second kappa shape index (κ2) is 10.1. The smallest absolute Gasteiger partial charge is 0.350 e. The maximum absolute atomic E-state index is 12.7. The Morgan fingerprint density at radius 1 is 1.16 bits per heavy atom. The Labute approximate surface area is 200 Å². The van der Waals surface area contributed by atoms with Crippen LogP contribution in [0.15, 0.2) is 30.3 Å². The van der Waals surface area contributed by atoms with Crippen LogP contribution in [0.2, 0.25) is 0 Å². The van der Waals surface area contributed by atoms with Gasteiger partial charge in [-0.25, -0.2) is 4.79 Å². The van der Waals surface area contributed by atoms with Crippen LogP contribution in [0.25, 0.3) is 0 Å². The van der Waals surface area contributed by atoms with Crippen molar-refractivity contribution in [3.8, 4) is 11.5 Å². The average Bonchev–Trinajstić information content (AvgIpc) is 2.79.